The Bertz CT molecular complexity index is 577. The molecule has 0 aromatic heterocycles. The van der Waals surface area contributed by atoms with Crippen LogP contribution in [0.15, 0.2) is 42.5 Å². The Balaban J connectivity index is 2.13. The van der Waals surface area contributed by atoms with E-state index in [-0.39, 0.29) is 6.04 Å². The van der Waals surface area contributed by atoms with Crippen LogP contribution in [0, 0.1) is 20.8 Å². The van der Waals surface area contributed by atoms with Crippen molar-refractivity contribution < 1.29 is 4.74 Å². The molecule has 2 aromatic carbocycles. The first kappa shape index (κ1) is 14.6. The lowest BCUT2D eigenvalue weighted by molar-refractivity contribution is 0.271. The first-order valence-corrected chi connectivity index (χ1v) is 7.04. The van der Waals surface area contributed by atoms with Crippen LogP contribution in [-0.4, -0.2) is 13.7 Å². The van der Waals surface area contributed by atoms with Gasteiger partial charge in [-0.3, -0.25) is 0 Å². The molecule has 2 nitrogen and oxygen atoms in total. The maximum absolute atomic E-state index is 5.98. The number of ether oxygens (including phenoxy) is 1. The van der Waals surface area contributed by atoms with E-state index in [0.717, 1.165) is 5.75 Å². The molecule has 0 bridgehead atoms. The summed E-state index contributed by atoms with van der Waals surface area (Å²) in [6.45, 7) is 6.97. The molecule has 1 N–H and O–H groups in total. The summed E-state index contributed by atoms with van der Waals surface area (Å²) in [7, 11) is 1.98. The van der Waals surface area contributed by atoms with Gasteiger partial charge in [0.1, 0.15) is 12.4 Å². The van der Waals surface area contributed by atoms with Gasteiger partial charge in [0.05, 0.1) is 6.04 Å². The van der Waals surface area contributed by atoms with Crippen LogP contribution in [0.3, 0.4) is 0 Å². The molecule has 1 atom stereocenters. The zero-order valence-corrected chi connectivity index (χ0v) is 12.7. The SMILES string of the molecule is CNC(COc1ccccc1C)c1cc(C)ccc1C. The number of benzene rings is 2. The lowest BCUT2D eigenvalue weighted by Gasteiger charge is -2.20. The van der Waals surface area contributed by atoms with Crippen LogP contribution in [0.5, 0.6) is 5.75 Å². The van der Waals surface area contributed by atoms with E-state index in [9.17, 15) is 0 Å². The zero-order chi connectivity index (χ0) is 14.5. The van der Waals surface area contributed by atoms with Gasteiger partial charge in [-0.05, 0) is 50.6 Å². The number of para-hydroxylation sites is 1. The molecule has 2 aromatic rings. The molecule has 0 heterocycles. The predicted octanol–water partition coefficient (Wildman–Crippen LogP) is 3.95. The summed E-state index contributed by atoms with van der Waals surface area (Å²) in [5, 5.41) is 3.35. The maximum Gasteiger partial charge on any atom is 0.122 e. The maximum atomic E-state index is 5.98. The van der Waals surface area contributed by atoms with E-state index in [2.05, 4.69) is 50.4 Å². The summed E-state index contributed by atoms with van der Waals surface area (Å²) in [6, 6.07) is 14.9. The smallest absolute Gasteiger partial charge is 0.122 e. The minimum Gasteiger partial charge on any atom is -0.491 e. The fourth-order valence-corrected chi connectivity index (χ4v) is 2.36. The van der Waals surface area contributed by atoms with Gasteiger partial charge in [-0.25, -0.2) is 0 Å². The number of hydrogen-bond acceptors (Lipinski definition) is 2. The predicted molar refractivity (Wildman–Crippen MR) is 84.4 cm³/mol. The van der Waals surface area contributed by atoms with E-state index in [1.807, 2.05) is 25.2 Å². The molecule has 2 rings (SSSR count). The highest BCUT2D eigenvalue weighted by molar-refractivity contribution is 5.34. The molecule has 0 amide bonds. The van der Waals surface area contributed by atoms with E-state index in [1.54, 1.807) is 0 Å². The van der Waals surface area contributed by atoms with Crippen LogP contribution < -0.4 is 10.1 Å². The third-order valence-electron chi connectivity index (χ3n) is 3.66. The van der Waals surface area contributed by atoms with E-state index in [0.29, 0.717) is 6.61 Å². The van der Waals surface area contributed by atoms with Crippen LogP contribution in [0.4, 0.5) is 0 Å². The van der Waals surface area contributed by atoms with Crippen LogP contribution >= 0.6 is 0 Å². The Morgan fingerprint density at radius 1 is 1.00 bits per heavy atom. The molecule has 0 aliphatic rings. The second-order valence-corrected chi connectivity index (χ2v) is 5.28. The second-order valence-electron chi connectivity index (χ2n) is 5.28. The minimum absolute atomic E-state index is 0.203. The van der Waals surface area contributed by atoms with Gasteiger partial charge in [-0.1, -0.05) is 42.0 Å². The molecule has 106 valence electrons. The molecule has 2 heteroatoms. The summed E-state index contributed by atoms with van der Waals surface area (Å²) in [6.07, 6.45) is 0. The fourth-order valence-electron chi connectivity index (χ4n) is 2.36. The average Bonchev–Trinajstić information content (AvgIpc) is 2.45. The lowest BCUT2D eigenvalue weighted by Crippen LogP contribution is -2.24. The van der Waals surface area contributed by atoms with Gasteiger partial charge in [-0.2, -0.15) is 0 Å². The van der Waals surface area contributed by atoms with E-state index >= 15 is 0 Å². The number of likely N-dealkylation sites (N-methyl/N-ethyl adjacent to an activating group) is 1. The molecule has 0 fully saturated rings. The van der Waals surface area contributed by atoms with E-state index in [1.165, 1.54) is 22.3 Å². The van der Waals surface area contributed by atoms with Gasteiger partial charge in [-0.15, -0.1) is 0 Å². The summed E-state index contributed by atoms with van der Waals surface area (Å²) in [5.41, 5.74) is 5.05. The highest BCUT2D eigenvalue weighted by Gasteiger charge is 2.13. The first-order chi connectivity index (χ1) is 9.61. The van der Waals surface area contributed by atoms with Gasteiger partial charge in [0, 0.05) is 0 Å². The van der Waals surface area contributed by atoms with Crippen molar-refractivity contribution >= 4 is 0 Å². The minimum atomic E-state index is 0.203. The number of nitrogens with one attached hydrogen (secondary N) is 1. The Labute approximate surface area is 121 Å². The molecule has 0 aliphatic heterocycles. The van der Waals surface area contributed by atoms with Crippen molar-refractivity contribution in [3.63, 3.8) is 0 Å². The van der Waals surface area contributed by atoms with Crippen molar-refractivity contribution in [1.29, 1.82) is 0 Å². The van der Waals surface area contributed by atoms with E-state index in [4.69, 9.17) is 4.74 Å². The topological polar surface area (TPSA) is 21.3 Å². The Morgan fingerprint density at radius 2 is 1.75 bits per heavy atom. The molecule has 0 radical (unpaired) electrons. The zero-order valence-electron chi connectivity index (χ0n) is 12.7. The number of aryl methyl sites for hydroxylation is 3. The lowest BCUT2D eigenvalue weighted by atomic mass is 9.99. The summed E-state index contributed by atoms with van der Waals surface area (Å²) in [4.78, 5) is 0. The standard InChI is InChI=1S/C18H23NO/c1-13-9-10-14(2)16(11-13)17(19-4)12-20-18-8-6-5-7-15(18)3/h5-11,17,19H,12H2,1-4H3. The third-order valence-corrected chi connectivity index (χ3v) is 3.66. The normalized spacial score (nSPS) is 12.2. The Hall–Kier alpha value is -1.80. The largest absolute Gasteiger partial charge is 0.491 e. The van der Waals surface area contributed by atoms with Crippen molar-refractivity contribution in [3.8, 4) is 5.75 Å². The molecule has 1 unspecified atom stereocenters. The molecule has 20 heavy (non-hydrogen) atoms. The van der Waals surface area contributed by atoms with E-state index < -0.39 is 0 Å². The quantitative estimate of drug-likeness (QED) is 0.887. The highest BCUT2D eigenvalue weighted by atomic mass is 16.5. The first-order valence-electron chi connectivity index (χ1n) is 7.04. The van der Waals surface area contributed by atoms with Crippen molar-refractivity contribution in [2.45, 2.75) is 26.8 Å². The average molecular weight is 269 g/mol. The van der Waals surface area contributed by atoms with Crippen LogP contribution in [0.1, 0.15) is 28.3 Å². The third kappa shape index (κ3) is 3.40. The van der Waals surface area contributed by atoms with Crippen molar-refractivity contribution in [3.05, 3.63) is 64.7 Å². The van der Waals surface area contributed by atoms with Crippen LogP contribution in [0.2, 0.25) is 0 Å². The van der Waals surface area contributed by atoms with Crippen LogP contribution in [0.25, 0.3) is 0 Å². The molecular formula is C18H23NO. The molecule has 0 saturated heterocycles. The van der Waals surface area contributed by atoms with Gasteiger partial charge in [0.2, 0.25) is 0 Å². The fraction of sp³-hybridized carbons (Fsp3) is 0.333. The summed E-state index contributed by atoms with van der Waals surface area (Å²) < 4.78 is 5.98. The van der Waals surface area contributed by atoms with Gasteiger partial charge in [0.25, 0.3) is 0 Å². The Kier molecular flexibility index (Phi) is 4.80. The number of rotatable bonds is 5. The molecule has 0 spiro atoms. The van der Waals surface area contributed by atoms with Crippen LogP contribution in [-0.2, 0) is 0 Å². The van der Waals surface area contributed by atoms with Gasteiger partial charge >= 0.3 is 0 Å². The molecular weight excluding hydrogens is 246 g/mol. The monoisotopic (exact) mass is 269 g/mol. The number of hydrogen-bond donors (Lipinski definition) is 1. The second kappa shape index (κ2) is 6.58. The molecule has 0 saturated carbocycles. The van der Waals surface area contributed by atoms with Crippen molar-refractivity contribution in [2.24, 2.45) is 0 Å². The molecule has 0 aliphatic carbocycles. The highest BCUT2D eigenvalue weighted by Crippen LogP contribution is 2.22. The van der Waals surface area contributed by atoms with Crippen molar-refractivity contribution in [2.75, 3.05) is 13.7 Å². The van der Waals surface area contributed by atoms with Crippen molar-refractivity contribution in [1.82, 2.24) is 5.32 Å². The van der Waals surface area contributed by atoms with Gasteiger partial charge < -0.3 is 10.1 Å². The van der Waals surface area contributed by atoms with Gasteiger partial charge in [0.15, 0.2) is 0 Å². The summed E-state index contributed by atoms with van der Waals surface area (Å²) >= 11 is 0. The summed E-state index contributed by atoms with van der Waals surface area (Å²) in [5.74, 6) is 0.957. The Morgan fingerprint density at radius 3 is 2.45 bits per heavy atom.